The molecule has 3 rings (SSSR count). The minimum Gasteiger partial charge on any atom is -0.368 e. The van der Waals surface area contributed by atoms with Crippen LogP contribution in [-0.4, -0.2) is 63.7 Å². The van der Waals surface area contributed by atoms with Crippen LogP contribution in [0.25, 0.3) is 0 Å². The molecule has 0 aliphatic carbocycles. The fourth-order valence-corrected chi connectivity index (χ4v) is 3.26. The zero-order valence-electron chi connectivity index (χ0n) is 14.2. The van der Waals surface area contributed by atoms with E-state index in [0.29, 0.717) is 31.9 Å². The van der Waals surface area contributed by atoms with Gasteiger partial charge in [0, 0.05) is 65.2 Å². The normalized spacial score (nSPS) is 22.1. The van der Waals surface area contributed by atoms with Crippen molar-refractivity contribution in [2.45, 2.75) is 25.5 Å². The van der Waals surface area contributed by atoms with Crippen molar-refractivity contribution in [3.8, 4) is 0 Å². The zero-order chi connectivity index (χ0) is 17.3. The van der Waals surface area contributed by atoms with Crippen molar-refractivity contribution in [2.24, 2.45) is 14.1 Å². The molecule has 0 aromatic carbocycles. The third-order valence-corrected chi connectivity index (χ3v) is 4.90. The first-order valence-corrected chi connectivity index (χ1v) is 8.36. The van der Waals surface area contributed by atoms with Gasteiger partial charge in [-0.1, -0.05) is 0 Å². The van der Waals surface area contributed by atoms with Gasteiger partial charge in [-0.2, -0.15) is 0 Å². The summed E-state index contributed by atoms with van der Waals surface area (Å²) in [5, 5.41) is 0. The molecule has 1 atom stereocenters. The molecule has 2 aliphatic heterocycles. The van der Waals surface area contributed by atoms with Crippen molar-refractivity contribution in [3.05, 3.63) is 32.6 Å². The molecule has 0 bridgehead atoms. The molecule has 1 aromatic heterocycles. The Morgan fingerprint density at radius 3 is 2.50 bits per heavy atom. The Balaban J connectivity index is 1.61. The molecule has 0 spiro atoms. The fourth-order valence-electron chi connectivity index (χ4n) is 3.26. The molecule has 1 aromatic rings. The highest BCUT2D eigenvalue weighted by Crippen LogP contribution is 2.16. The summed E-state index contributed by atoms with van der Waals surface area (Å²) in [6.45, 7) is 3.95. The average Bonchev–Trinajstić information content (AvgIpc) is 3.12. The van der Waals surface area contributed by atoms with E-state index < -0.39 is 0 Å². The SMILES string of the molecule is Cn1c(CN2CCN(C(=O)[C@H]3CCCO3)CC2)cc(=O)n(C)c1=O. The lowest BCUT2D eigenvalue weighted by molar-refractivity contribution is -0.142. The molecular formula is C16H24N4O4. The molecule has 0 N–H and O–H groups in total. The largest absolute Gasteiger partial charge is 0.368 e. The number of carbonyl (C=O) groups is 1. The molecular weight excluding hydrogens is 312 g/mol. The Hall–Kier alpha value is -1.93. The van der Waals surface area contributed by atoms with Crippen LogP contribution in [0.5, 0.6) is 0 Å². The highest BCUT2D eigenvalue weighted by atomic mass is 16.5. The van der Waals surface area contributed by atoms with Crippen LogP contribution in [0.3, 0.4) is 0 Å². The molecule has 1 amide bonds. The zero-order valence-corrected chi connectivity index (χ0v) is 14.2. The van der Waals surface area contributed by atoms with Gasteiger partial charge in [0.25, 0.3) is 11.5 Å². The molecule has 24 heavy (non-hydrogen) atoms. The van der Waals surface area contributed by atoms with Gasteiger partial charge >= 0.3 is 5.69 Å². The summed E-state index contributed by atoms with van der Waals surface area (Å²) in [6.07, 6.45) is 1.50. The summed E-state index contributed by atoms with van der Waals surface area (Å²) in [6, 6.07) is 1.51. The molecule has 2 aliphatic rings. The van der Waals surface area contributed by atoms with Gasteiger partial charge in [0.05, 0.1) is 0 Å². The summed E-state index contributed by atoms with van der Waals surface area (Å²) < 4.78 is 8.07. The highest BCUT2D eigenvalue weighted by molar-refractivity contribution is 5.81. The average molecular weight is 336 g/mol. The number of aromatic nitrogens is 2. The van der Waals surface area contributed by atoms with Gasteiger partial charge in [-0.05, 0) is 12.8 Å². The topological polar surface area (TPSA) is 76.8 Å². The molecule has 0 saturated carbocycles. The van der Waals surface area contributed by atoms with Crippen LogP contribution in [0.2, 0.25) is 0 Å². The van der Waals surface area contributed by atoms with Crippen LogP contribution in [0.4, 0.5) is 0 Å². The third kappa shape index (κ3) is 3.29. The van der Waals surface area contributed by atoms with Crippen LogP contribution in [-0.2, 0) is 30.2 Å². The van der Waals surface area contributed by atoms with Crippen molar-refractivity contribution >= 4 is 5.91 Å². The van der Waals surface area contributed by atoms with E-state index in [0.717, 1.165) is 30.5 Å². The molecule has 2 fully saturated rings. The van der Waals surface area contributed by atoms with Crippen LogP contribution < -0.4 is 11.2 Å². The number of ether oxygens (including phenoxy) is 1. The number of hydrogen-bond acceptors (Lipinski definition) is 5. The van der Waals surface area contributed by atoms with Gasteiger partial charge in [-0.3, -0.25) is 23.6 Å². The van der Waals surface area contributed by atoms with Gasteiger partial charge in [-0.25, -0.2) is 4.79 Å². The number of nitrogens with zero attached hydrogens (tertiary/aromatic N) is 4. The van der Waals surface area contributed by atoms with Gasteiger partial charge in [-0.15, -0.1) is 0 Å². The Kier molecular flexibility index (Phi) is 4.86. The first kappa shape index (κ1) is 16.9. The Morgan fingerprint density at radius 1 is 1.17 bits per heavy atom. The second kappa shape index (κ2) is 6.90. The van der Waals surface area contributed by atoms with E-state index in [4.69, 9.17) is 4.74 Å². The van der Waals surface area contributed by atoms with Crippen LogP contribution in [0, 0.1) is 0 Å². The van der Waals surface area contributed by atoms with E-state index in [1.54, 1.807) is 7.05 Å². The van der Waals surface area contributed by atoms with Crippen molar-refractivity contribution in [1.29, 1.82) is 0 Å². The standard InChI is InChI=1S/C16H24N4O4/c1-17-12(10-14(21)18(2)16(17)23)11-19-5-7-20(8-6-19)15(22)13-4-3-9-24-13/h10,13H,3-9,11H2,1-2H3/t13-/m1/s1. The molecule has 3 heterocycles. The maximum atomic E-state index is 12.3. The Labute approximate surface area is 140 Å². The minimum atomic E-state index is -0.315. The lowest BCUT2D eigenvalue weighted by Gasteiger charge is -2.35. The second-order valence-corrected chi connectivity index (χ2v) is 6.48. The lowest BCUT2D eigenvalue weighted by Crippen LogP contribution is -2.51. The predicted octanol–water partition coefficient (Wildman–Crippen LogP) is -1.09. The maximum Gasteiger partial charge on any atom is 0.330 e. The number of piperazine rings is 1. The van der Waals surface area contributed by atoms with E-state index >= 15 is 0 Å². The first-order valence-electron chi connectivity index (χ1n) is 8.36. The molecule has 8 nitrogen and oxygen atoms in total. The van der Waals surface area contributed by atoms with Crippen molar-refractivity contribution in [3.63, 3.8) is 0 Å². The van der Waals surface area contributed by atoms with Gasteiger partial charge in [0.2, 0.25) is 0 Å². The van der Waals surface area contributed by atoms with Crippen molar-refractivity contribution in [1.82, 2.24) is 18.9 Å². The minimum absolute atomic E-state index is 0.0909. The lowest BCUT2D eigenvalue weighted by atomic mass is 10.2. The van der Waals surface area contributed by atoms with Crippen molar-refractivity contribution in [2.75, 3.05) is 32.8 Å². The van der Waals surface area contributed by atoms with Crippen molar-refractivity contribution < 1.29 is 9.53 Å². The van der Waals surface area contributed by atoms with E-state index in [9.17, 15) is 14.4 Å². The molecule has 0 unspecified atom stereocenters. The van der Waals surface area contributed by atoms with Crippen LogP contribution in [0.15, 0.2) is 15.7 Å². The van der Waals surface area contributed by atoms with Gasteiger partial charge in [0.1, 0.15) is 6.10 Å². The summed E-state index contributed by atoms with van der Waals surface area (Å²) in [5.41, 5.74) is 0.0898. The third-order valence-electron chi connectivity index (χ3n) is 4.90. The quantitative estimate of drug-likeness (QED) is 0.701. The number of rotatable bonds is 3. The van der Waals surface area contributed by atoms with Crippen LogP contribution >= 0.6 is 0 Å². The second-order valence-electron chi connectivity index (χ2n) is 6.48. The number of carbonyl (C=O) groups excluding carboxylic acids is 1. The highest BCUT2D eigenvalue weighted by Gasteiger charge is 2.30. The van der Waals surface area contributed by atoms with Gasteiger partial charge in [0.15, 0.2) is 0 Å². The number of hydrogen-bond donors (Lipinski definition) is 0. The smallest absolute Gasteiger partial charge is 0.330 e. The molecule has 0 radical (unpaired) electrons. The maximum absolute atomic E-state index is 12.3. The van der Waals surface area contributed by atoms with Gasteiger partial charge < -0.3 is 9.64 Å². The van der Waals surface area contributed by atoms with E-state index in [-0.39, 0.29) is 23.3 Å². The Bertz CT molecular complexity index is 725. The summed E-state index contributed by atoms with van der Waals surface area (Å²) >= 11 is 0. The Morgan fingerprint density at radius 2 is 1.88 bits per heavy atom. The van der Waals surface area contributed by atoms with E-state index in [2.05, 4.69) is 4.90 Å². The predicted molar refractivity (Wildman–Crippen MR) is 87.8 cm³/mol. The summed E-state index contributed by atoms with van der Waals surface area (Å²) in [5.74, 6) is 0.0909. The summed E-state index contributed by atoms with van der Waals surface area (Å²) in [7, 11) is 3.15. The monoisotopic (exact) mass is 336 g/mol. The first-order chi connectivity index (χ1) is 11.5. The van der Waals surface area contributed by atoms with E-state index in [1.807, 2.05) is 4.90 Å². The molecule has 132 valence electrons. The molecule has 8 heteroatoms. The fraction of sp³-hybridized carbons (Fsp3) is 0.688. The van der Waals surface area contributed by atoms with Crippen LogP contribution in [0.1, 0.15) is 18.5 Å². The molecule has 2 saturated heterocycles. The van der Waals surface area contributed by atoms with E-state index in [1.165, 1.54) is 17.7 Å². The summed E-state index contributed by atoms with van der Waals surface area (Å²) in [4.78, 5) is 40.1. The number of amides is 1.